The molecule has 0 saturated heterocycles. The monoisotopic (exact) mass is 1100 g/mol. The van der Waals surface area contributed by atoms with Crippen LogP contribution in [-0.2, 0) is 47.9 Å². The van der Waals surface area contributed by atoms with Gasteiger partial charge in [-0.2, -0.15) is 5.12 Å². The zero-order chi connectivity index (χ0) is 60.0. The molecule has 0 spiro atoms. The number of amides is 10. The Hall–Kier alpha value is -7.31. The summed E-state index contributed by atoms with van der Waals surface area (Å²) in [5.41, 5.74) is 10.8. The fraction of sp³-hybridized carbons (Fsp3) is 0.642. The first-order valence-electron chi connectivity index (χ1n) is 26.4. The zero-order valence-electron chi connectivity index (χ0n) is 48.4. The lowest BCUT2D eigenvalue weighted by atomic mass is 9.97. The van der Waals surface area contributed by atoms with Crippen LogP contribution in [0.2, 0.25) is 0 Å². The number of anilines is 1. The molecule has 0 saturated carbocycles. The maximum absolute atomic E-state index is 14.0. The Morgan fingerprint density at radius 1 is 0.654 bits per heavy atom. The normalized spacial score (nSPS) is 13.2. The lowest BCUT2D eigenvalue weighted by Gasteiger charge is -2.32. The summed E-state index contributed by atoms with van der Waals surface area (Å²) in [4.78, 5) is 128. The average Bonchev–Trinajstić information content (AvgIpc) is 3.34. The van der Waals surface area contributed by atoms with Crippen LogP contribution in [0.1, 0.15) is 135 Å². The molecule has 1 aromatic carbocycles. The molecule has 10 amide bonds. The van der Waals surface area contributed by atoms with E-state index in [2.05, 4.69) is 66.5 Å². The van der Waals surface area contributed by atoms with Gasteiger partial charge in [0.2, 0.25) is 59.0 Å². The fourth-order valence-corrected chi connectivity index (χ4v) is 7.06. The third kappa shape index (κ3) is 28.2. The molecule has 0 fully saturated rings. The Balaban J connectivity index is 0.00000534. The van der Waals surface area contributed by atoms with E-state index in [9.17, 15) is 47.9 Å². The summed E-state index contributed by atoms with van der Waals surface area (Å²) in [7, 11) is 1.51. The number of rotatable bonds is 32. The quantitative estimate of drug-likeness (QED) is 0.0118. The van der Waals surface area contributed by atoms with Crippen molar-refractivity contribution in [1.29, 1.82) is 0 Å². The van der Waals surface area contributed by atoms with Crippen molar-refractivity contribution in [1.82, 2.24) is 47.9 Å². The summed E-state index contributed by atoms with van der Waals surface area (Å²) in [5.74, 6) is -0.861. The first-order chi connectivity index (χ1) is 36.3. The summed E-state index contributed by atoms with van der Waals surface area (Å²) in [6, 6.07) is 1.08. The van der Waals surface area contributed by atoms with Gasteiger partial charge in [-0.15, -0.1) is 5.10 Å². The highest BCUT2D eigenvalue weighted by molar-refractivity contribution is 6.37. The number of hydrazine groups is 1. The molecule has 440 valence electrons. The Morgan fingerprint density at radius 2 is 1.18 bits per heavy atom. The van der Waals surface area contributed by atoms with Crippen LogP contribution < -0.4 is 75.0 Å². The summed E-state index contributed by atoms with van der Waals surface area (Å²) in [6.45, 7) is 26.0. The molecule has 15 N–H and O–H groups in total. The third-order valence-corrected chi connectivity index (χ3v) is 11.5. The molecule has 0 aliphatic rings. The minimum absolute atomic E-state index is 0.0169. The van der Waals surface area contributed by atoms with Gasteiger partial charge < -0.3 is 64.1 Å². The van der Waals surface area contributed by atoms with E-state index < -0.39 is 107 Å². The van der Waals surface area contributed by atoms with Gasteiger partial charge in [0, 0.05) is 25.6 Å². The van der Waals surface area contributed by atoms with E-state index in [0.717, 1.165) is 24.5 Å². The van der Waals surface area contributed by atoms with E-state index in [1.807, 2.05) is 27.7 Å². The molecule has 25 nitrogen and oxygen atoms in total. The van der Waals surface area contributed by atoms with Crippen LogP contribution in [0.5, 0.6) is 5.75 Å². The topological polar surface area (TPSA) is 382 Å². The molecule has 78 heavy (non-hydrogen) atoms. The van der Waals surface area contributed by atoms with Gasteiger partial charge in [-0.1, -0.05) is 75.3 Å². The second-order valence-corrected chi connectivity index (χ2v) is 21.0. The number of primary amides is 1. The number of ether oxygens (including phenoxy) is 1. The molecule has 0 aliphatic heterocycles. The standard InChI is InChI=1S/C45H77N13O10.C8H15NO/c1-24(2)21-32(38(47)61)54-39(62)31(15-13-14-20-49-43(66)37(46)57-58(48)29-16-18-30(68-12)19-17-29)53-42(65)36(27(7)8)55-44(67)45(10,11)56-40(63)33(22-25(3)4)52-34(60)23-50-41(64)35(26(5)6)51-28(9)59;1-4-5-6-9-8(10)7(2)3/h16-19,24-27,31-33,35-36H,13-15,20-23,48H2,1-12H3,(H2,46,57)(H2,47,61)(H,49,66)(H,50,64)(H,51,59)(H,52,60)(H,53,65)(H,54,62)(H,55,67)(H,56,63);2,4-6H2,1,3H3,(H,9,10)/t31-,32?,33?,35?,36?;/m0./s1. The van der Waals surface area contributed by atoms with Crippen molar-refractivity contribution in [2.45, 2.75) is 171 Å². The average molecular weight is 1100 g/mol. The molecule has 5 atom stereocenters. The second-order valence-electron chi connectivity index (χ2n) is 21.0. The number of benzene rings is 1. The molecular formula is C53H92N14O11. The van der Waals surface area contributed by atoms with Crippen LogP contribution in [0, 0.1) is 23.7 Å². The number of carbonyl (C=O) groups is 10. The van der Waals surface area contributed by atoms with Crippen LogP contribution >= 0.6 is 0 Å². The van der Waals surface area contributed by atoms with E-state index >= 15 is 0 Å². The molecule has 4 unspecified atom stereocenters. The van der Waals surface area contributed by atoms with Gasteiger partial charge in [0.25, 0.3) is 5.91 Å². The number of hydrogen-bond donors (Lipinski definition) is 12. The van der Waals surface area contributed by atoms with E-state index in [4.69, 9.17) is 22.0 Å². The molecule has 25 heteroatoms. The number of hydrazone groups is 1. The minimum atomic E-state index is -1.64. The number of carbonyl (C=O) groups excluding carboxylic acids is 10. The Bertz CT molecular complexity index is 2200. The van der Waals surface area contributed by atoms with Gasteiger partial charge in [-0.3, -0.25) is 47.9 Å². The summed E-state index contributed by atoms with van der Waals surface area (Å²) >= 11 is 0. The predicted octanol–water partition coefficient (Wildman–Crippen LogP) is 0.757. The number of methoxy groups -OCH3 is 1. The second kappa shape index (κ2) is 35.9. The Labute approximate surface area is 460 Å². The minimum Gasteiger partial charge on any atom is -0.497 e. The van der Waals surface area contributed by atoms with Crippen molar-refractivity contribution in [3.8, 4) is 5.75 Å². The predicted molar refractivity (Wildman–Crippen MR) is 299 cm³/mol. The van der Waals surface area contributed by atoms with Crippen molar-refractivity contribution in [2.24, 2.45) is 46.1 Å². The first-order valence-corrected chi connectivity index (χ1v) is 26.4. The molecular weight excluding hydrogens is 1010 g/mol. The van der Waals surface area contributed by atoms with Crippen LogP contribution in [0.3, 0.4) is 0 Å². The number of amidine groups is 1. The SMILES string of the molecule is C=C(C)C(=O)NCCCC.COc1ccc(N(N)/N=C(\N)C(=O)NCCCC[C@H](NC(=O)C(NC(=O)C(C)(C)NC(=O)C(CC(C)C)NC(=O)CNC(=O)C(NC(C)=O)C(C)C)C(C)C)C(=O)NC(CC(C)C)C(N)=O)cc1. The Morgan fingerprint density at radius 3 is 1.68 bits per heavy atom. The summed E-state index contributed by atoms with van der Waals surface area (Å²) in [5, 5.41) is 28.5. The van der Waals surface area contributed by atoms with Gasteiger partial charge in [-0.25, -0.2) is 5.84 Å². The summed E-state index contributed by atoms with van der Waals surface area (Å²) in [6.07, 6.45) is 3.19. The van der Waals surface area contributed by atoms with Crippen molar-refractivity contribution >= 4 is 70.6 Å². The van der Waals surface area contributed by atoms with Crippen molar-refractivity contribution in [3.05, 3.63) is 36.4 Å². The number of nitrogens with zero attached hydrogens (tertiary/aromatic N) is 2. The zero-order valence-corrected chi connectivity index (χ0v) is 48.4. The maximum Gasteiger partial charge on any atom is 0.288 e. The molecule has 1 rings (SSSR count). The molecule has 1 aromatic rings. The molecule has 0 bridgehead atoms. The van der Waals surface area contributed by atoms with Gasteiger partial charge in [-0.05, 0) is 107 Å². The van der Waals surface area contributed by atoms with E-state index in [1.54, 1.807) is 58.9 Å². The lowest BCUT2D eigenvalue weighted by molar-refractivity contribution is -0.138. The number of unbranched alkanes of at least 4 members (excludes halogenated alkanes) is 2. The lowest BCUT2D eigenvalue weighted by Crippen LogP contribution is -2.63. The van der Waals surface area contributed by atoms with Gasteiger partial charge in [0.15, 0.2) is 0 Å². The van der Waals surface area contributed by atoms with Crippen molar-refractivity contribution in [2.75, 3.05) is 31.9 Å². The first kappa shape index (κ1) is 70.7. The fourth-order valence-electron chi connectivity index (χ4n) is 7.06. The maximum atomic E-state index is 14.0. The number of hydrogen-bond acceptors (Lipinski definition) is 14. The van der Waals surface area contributed by atoms with E-state index in [1.165, 1.54) is 27.9 Å². The molecule has 0 aromatic heterocycles. The largest absolute Gasteiger partial charge is 0.497 e. The third-order valence-electron chi connectivity index (χ3n) is 11.5. The highest BCUT2D eigenvalue weighted by Gasteiger charge is 2.37. The van der Waals surface area contributed by atoms with Gasteiger partial charge in [0.05, 0.1) is 19.3 Å². The van der Waals surface area contributed by atoms with Gasteiger partial charge in [0.1, 0.15) is 41.5 Å². The van der Waals surface area contributed by atoms with E-state index in [-0.39, 0.29) is 55.9 Å². The molecule has 0 heterocycles. The molecule has 0 aliphatic carbocycles. The highest BCUT2D eigenvalue weighted by atomic mass is 16.5. The molecule has 0 radical (unpaired) electrons. The van der Waals surface area contributed by atoms with Crippen LogP contribution in [-0.4, -0.2) is 127 Å². The smallest absolute Gasteiger partial charge is 0.288 e. The number of nitrogens with two attached hydrogens (primary N) is 3. The van der Waals surface area contributed by atoms with Crippen LogP contribution in [0.15, 0.2) is 41.5 Å². The van der Waals surface area contributed by atoms with Crippen molar-refractivity contribution < 1.29 is 52.7 Å². The Kier molecular flexibility index (Phi) is 32.5. The van der Waals surface area contributed by atoms with Crippen molar-refractivity contribution in [3.63, 3.8) is 0 Å². The van der Waals surface area contributed by atoms with Gasteiger partial charge >= 0.3 is 0 Å². The van der Waals surface area contributed by atoms with Crippen LogP contribution in [0.4, 0.5) is 5.69 Å². The number of nitrogens with one attached hydrogen (secondary N) is 9. The summed E-state index contributed by atoms with van der Waals surface area (Å²) < 4.78 is 5.12. The van der Waals surface area contributed by atoms with Crippen LogP contribution in [0.25, 0.3) is 0 Å². The highest BCUT2D eigenvalue weighted by Crippen LogP contribution is 2.18. The van der Waals surface area contributed by atoms with E-state index in [0.29, 0.717) is 23.4 Å².